The maximum atomic E-state index is 13.0. The van der Waals surface area contributed by atoms with Crippen LogP contribution in [-0.2, 0) is 4.79 Å². The number of hydrogen-bond acceptors (Lipinski definition) is 3. The second-order valence-corrected chi connectivity index (χ2v) is 4.21. The molecule has 0 heterocycles. The number of amides is 2. The molecule has 0 bridgehead atoms. The van der Waals surface area contributed by atoms with E-state index in [0.29, 0.717) is 6.54 Å². The van der Waals surface area contributed by atoms with Crippen molar-refractivity contribution in [2.24, 2.45) is 0 Å². The third kappa shape index (κ3) is 3.67. The maximum absolute atomic E-state index is 13.0. The lowest BCUT2D eigenvalue weighted by molar-refractivity contribution is -0.131. The Balaban J connectivity index is 2.80. The molecular formula is C13H17FN2O3. The Morgan fingerprint density at radius 3 is 2.68 bits per heavy atom. The SMILES string of the molecule is CCN(C)C(=O)C(C)NC(=O)c1cc(F)ccc1O. The minimum absolute atomic E-state index is 0.196. The minimum Gasteiger partial charge on any atom is -0.507 e. The predicted octanol–water partition coefficient (Wildman–Crippen LogP) is 1.13. The number of carbonyl (C=O) groups is 2. The lowest BCUT2D eigenvalue weighted by atomic mass is 10.1. The molecule has 19 heavy (non-hydrogen) atoms. The molecule has 1 unspecified atom stereocenters. The molecule has 0 saturated heterocycles. The molecule has 0 aliphatic rings. The summed E-state index contributed by atoms with van der Waals surface area (Å²) < 4.78 is 13.0. The van der Waals surface area contributed by atoms with Gasteiger partial charge in [0.1, 0.15) is 17.6 Å². The van der Waals surface area contributed by atoms with Gasteiger partial charge >= 0.3 is 0 Å². The third-order valence-corrected chi connectivity index (χ3v) is 2.77. The second kappa shape index (κ2) is 6.17. The summed E-state index contributed by atoms with van der Waals surface area (Å²) in [5.41, 5.74) is -0.196. The van der Waals surface area contributed by atoms with Gasteiger partial charge in [-0.25, -0.2) is 4.39 Å². The monoisotopic (exact) mass is 268 g/mol. The number of nitrogens with zero attached hydrogens (tertiary/aromatic N) is 1. The van der Waals surface area contributed by atoms with Crippen LogP contribution >= 0.6 is 0 Å². The van der Waals surface area contributed by atoms with Crippen LogP contribution in [-0.4, -0.2) is 41.5 Å². The highest BCUT2D eigenvalue weighted by atomic mass is 19.1. The molecule has 2 N–H and O–H groups in total. The van der Waals surface area contributed by atoms with E-state index in [4.69, 9.17) is 0 Å². The molecule has 1 aromatic carbocycles. The number of phenolic OH excluding ortho intramolecular Hbond substituents is 1. The molecule has 0 saturated carbocycles. The van der Waals surface area contributed by atoms with Crippen molar-refractivity contribution in [3.05, 3.63) is 29.6 Å². The summed E-state index contributed by atoms with van der Waals surface area (Å²) in [4.78, 5) is 25.1. The van der Waals surface area contributed by atoms with Gasteiger partial charge in [0, 0.05) is 13.6 Å². The van der Waals surface area contributed by atoms with Gasteiger partial charge in [-0.05, 0) is 32.0 Å². The highest BCUT2D eigenvalue weighted by Crippen LogP contribution is 2.17. The molecular weight excluding hydrogens is 251 g/mol. The van der Waals surface area contributed by atoms with Gasteiger partial charge in [-0.1, -0.05) is 0 Å². The van der Waals surface area contributed by atoms with E-state index in [2.05, 4.69) is 5.32 Å². The number of hydrogen-bond donors (Lipinski definition) is 2. The Labute approximate surface area is 111 Å². The van der Waals surface area contributed by atoms with Crippen LogP contribution in [0.15, 0.2) is 18.2 Å². The number of halogens is 1. The van der Waals surface area contributed by atoms with Crippen LogP contribution in [0, 0.1) is 5.82 Å². The molecule has 1 atom stereocenters. The first kappa shape index (κ1) is 14.9. The summed E-state index contributed by atoms with van der Waals surface area (Å²) in [6, 6.07) is 2.31. The van der Waals surface area contributed by atoms with Crippen LogP contribution in [0.5, 0.6) is 5.75 Å². The van der Waals surface area contributed by atoms with Gasteiger partial charge in [-0.15, -0.1) is 0 Å². The van der Waals surface area contributed by atoms with Crippen LogP contribution in [0.3, 0.4) is 0 Å². The van der Waals surface area contributed by atoms with Crippen molar-refractivity contribution in [3.63, 3.8) is 0 Å². The van der Waals surface area contributed by atoms with E-state index >= 15 is 0 Å². The third-order valence-electron chi connectivity index (χ3n) is 2.77. The van der Waals surface area contributed by atoms with E-state index < -0.39 is 17.8 Å². The van der Waals surface area contributed by atoms with Gasteiger partial charge in [0.05, 0.1) is 5.56 Å². The average molecular weight is 268 g/mol. The van der Waals surface area contributed by atoms with Crippen LogP contribution in [0.1, 0.15) is 24.2 Å². The summed E-state index contributed by atoms with van der Waals surface area (Å²) in [6.45, 7) is 3.86. The van der Waals surface area contributed by atoms with Crippen LogP contribution < -0.4 is 5.32 Å². The van der Waals surface area contributed by atoms with Gasteiger partial charge in [0.25, 0.3) is 5.91 Å². The number of benzene rings is 1. The highest BCUT2D eigenvalue weighted by Gasteiger charge is 2.20. The fourth-order valence-electron chi connectivity index (χ4n) is 1.51. The number of carbonyl (C=O) groups excluding carboxylic acids is 2. The zero-order chi connectivity index (χ0) is 14.6. The summed E-state index contributed by atoms with van der Waals surface area (Å²) in [5, 5.41) is 11.9. The second-order valence-electron chi connectivity index (χ2n) is 4.21. The summed E-state index contributed by atoms with van der Waals surface area (Å²) in [5.74, 6) is -1.91. The van der Waals surface area contributed by atoms with Crippen LogP contribution in [0.4, 0.5) is 4.39 Å². The van der Waals surface area contributed by atoms with Crippen molar-refractivity contribution < 1.29 is 19.1 Å². The Kier molecular flexibility index (Phi) is 4.86. The number of rotatable bonds is 4. The van der Waals surface area contributed by atoms with Gasteiger partial charge in [0.15, 0.2) is 0 Å². The molecule has 0 aromatic heterocycles. The molecule has 6 heteroatoms. The topological polar surface area (TPSA) is 69.6 Å². The Morgan fingerprint density at radius 2 is 2.11 bits per heavy atom. The molecule has 5 nitrogen and oxygen atoms in total. The number of nitrogens with one attached hydrogen (secondary N) is 1. The van der Waals surface area contributed by atoms with Crippen molar-refractivity contribution >= 4 is 11.8 Å². The molecule has 0 fully saturated rings. The van der Waals surface area contributed by atoms with Crippen molar-refractivity contribution in [1.29, 1.82) is 0 Å². The molecule has 104 valence electrons. The van der Waals surface area contributed by atoms with E-state index in [1.807, 2.05) is 6.92 Å². The van der Waals surface area contributed by atoms with E-state index in [-0.39, 0.29) is 17.2 Å². The molecule has 2 amide bonds. The zero-order valence-corrected chi connectivity index (χ0v) is 11.1. The molecule has 0 spiro atoms. The lowest BCUT2D eigenvalue weighted by Gasteiger charge is -2.20. The number of aromatic hydroxyl groups is 1. The van der Waals surface area contributed by atoms with Crippen molar-refractivity contribution in [3.8, 4) is 5.75 Å². The van der Waals surface area contributed by atoms with E-state index in [9.17, 15) is 19.1 Å². The fraction of sp³-hybridized carbons (Fsp3) is 0.385. The Morgan fingerprint density at radius 1 is 1.47 bits per heavy atom. The van der Waals surface area contributed by atoms with E-state index in [1.165, 1.54) is 11.8 Å². The summed E-state index contributed by atoms with van der Waals surface area (Å²) >= 11 is 0. The first-order valence-corrected chi connectivity index (χ1v) is 5.91. The van der Waals surface area contributed by atoms with E-state index in [1.54, 1.807) is 7.05 Å². The van der Waals surface area contributed by atoms with E-state index in [0.717, 1.165) is 18.2 Å². The van der Waals surface area contributed by atoms with Crippen molar-refractivity contribution in [2.45, 2.75) is 19.9 Å². The first-order chi connectivity index (χ1) is 8.86. The molecule has 0 aliphatic heterocycles. The molecule has 1 aromatic rings. The van der Waals surface area contributed by atoms with Crippen LogP contribution in [0.2, 0.25) is 0 Å². The normalized spacial score (nSPS) is 11.8. The van der Waals surface area contributed by atoms with Crippen molar-refractivity contribution in [1.82, 2.24) is 10.2 Å². The number of likely N-dealkylation sites (N-methyl/N-ethyl adjacent to an activating group) is 1. The van der Waals surface area contributed by atoms with Gasteiger partial charge in [-0.2, -0.15) is 0 Å². The van der Waals surface area contributed by atoms with Gasteiger partial charge in [-0.3, -0.25) is 9.59 Å². The first-order valence-electron chi connectivity index (χ1n) is 5.91. The molecule has 0 radical (unpaired) electrons. The smallest absolute Gasteiger partial charge is 0.255 e. The Hall–Kier alpha value is -2.11. The average Bonchev–Trinajstić information content (AvgIpc) is 2.39. The highest BCUT2D eigenvalue weighted by molar-refractivity contribution is 5.99. The quantitative estimate of drug-likeness (QED) is 0.860. The summed E-state index contributed by atoms with van der Waals surface area (Å²) in [6.07, 6.45) is 0. The largest absolute Gasteiger partial charge is 0.507 e. The zero-order valence-electron chi connectivity index (χ0n) is 11.1. The molecule has 1 rings (SSSR count). The fourth-order valence-corrected chi connectivity index (χ4v) is 1.51. The number of phenols is 1. The maximum Gasteiger partial charge on any atom is 0.255 e. The van der Waals surface area contributed by atoms with Crippen molar-refractivity contribution in [2.75, 3.05) is 13.6 Å². The molecule has 0 aliphatic carbocycles. The lowest BCUT2D eigenvalue weighted by Crippen LogP contribution is -2.45. The van der Waals surface area contributed by atoms with Gasteiger partial charge in [0.2, 0.25) is 5.91 Å². The summed E-state index contributed by atoms with van der Waals surface area (Å²) in [7, 11) is 1.62. The van der Waals surface area contributed by atoms with Gasteiger partial charge < -0.3 is 15.3 Å². The minimum atomic E-state index is -0.750. The Bertz CT molecular complexity index is 491. The predicted molar refractivity (Wildman–Crippen MR) is 68.3 cm³/mol. The van der Waals surface area contributed by atoms with Crippen LogP contribution in [0.25, 0.3) is 0 Å². The standard InChI is InChI=1S/C13H17FN2O3/c1-4-16(3)13(19)8(2)15-12(18)10-7-9(14)5-6-11(10)17/h5-8,17H,4H2,1-3H3,(H,15,18).